The van der Waals surface area contributed by atoms with Crippen LogP contribution in [0.4, 0.5) is 5.69 Å². The zero-order chi connectivity index (χ0) is 22.7. The van der Waals surface area contributed by atoms with Gasteiger partial charge < -0.3 is 10.2 Å². The molecule has 3 heterocycles. The number of carbonyl (C=O) groups excluding carboxylic acids is 1. The largest absolute Gasteiger partial charge is 0.321 e. The molecule has 0 atom stereocenters. The van der Waals surface area contributed by atoms with Gasteiger partial charge in [0, 0.05) is 38.1 Å². The van der Waals surface area contributed by atoms with Crippen molar-refractivity contribution in [2.45, 2.75) is 18.7 Å². The molecule has 0 radical (unpaired) electrons. The Bertz CT molecular complexity index is 1190. The maximum absolute atomic E-state index is 12.9. The van der Waals surface area contributed by atoms with E-state index in [0.717, 1.165) is 19.6 Å². The summed E-state index contributed by atoms with van der Waals surface area (Å²) in [5, 5.41) is 3.51. The Balaban J connectivity index is 1.45. The summed E-state index contributed by atoms with van der Waals surface area (Å²) in [4.78, 5) is 24.5. The van der Waals surface area contributed by atoms with Gasteiger partial charge in [0.1, 0.15) is 9.88 Å². The number of benzene rings is 1. The summed E-state index contributed by atoms with van der Waals surface area (Å²) in [5.41, 5.74) is 1.87. The fourth-order valence-electron chi connectivity index (χ4n) is 3.54. The fourth-order valence-corrected chi connectivity index (χ4v) is 5.90. The van der Waals surface area contributed by atoms with Crippen LogP contribution >= 0.6 is 11.3 Å². The Morgan fingerprint density at radius 2 is 1.81 bits per heavy atom. The van der Waals surface area contributed by atoms with Gasteiger partial charge in [-0.05, 0) is 49.9 Å². The summed E-state index contributed by atoms with van der Waals surface area (Å²) in [6.45, 7) is 7.22. The van der Waals surface area contributed by atoms with E-state index in [1.807, 2.05) is 18.2 Å². The Morgan fingerprint density at radius 3 is 2.44 bits per heavy atom. The number of pyridine rings is 1. The quantitative estimate of drug-likeness (QED) is 0.594. The number of rotatable bonds is 6. The van der Waals surface area contributed by atoms with Crippen LogP contribution in [0.25, 0.3) is 10.7 Å². The average Bonchev–Trinajstić information content (AvgIpc) is 3.22. The lowest BCUT2D eigenvalue weighted by Crippen LogP contribution is -2.48. The van der Waals surface area contributed by atoms with E-state index in [9.17, 15) is 13.2 Å². The molecule has 1 aliphatic heterocycles. The van der Waals surface area contributed by atoms with E-state index in [1.54, 1.807) is 25.3 Å². The highest BCUT2D eigenvalue weighted by Gasteiger charge is 2.28. The van der Waals surface area contributed by atoms with Gasteiger partial charge >= 0.3 is 0 Å². The predicted molar refractivity (Wildman–Crippen MR) is 125 cm³/mol. The molecule has 2 aromatic heterocycles. The molecule has 1 saturated heterocycles. The van der Waals surface area contributed by atoms with Crippen molar-refractivity contribution in [3.8, 4) is 10.7 Å². The second-order valence-corrected chi connectivity index (χ2v) is 10.4. The molecule has 1 aliphatic rings. The number of thiazole rings is 1. The van der Waals surface area contributed by atoms with E-state index < -0.39 is 10.0 Å². The van der Waals surface area contributed by atoms with Gasteiger partial charge in [-0.15, -0.1) is 11.3 Å². The van der Waals surface area contributed by atoms with Crippen LogP contribution in [0, 0.1) is 6.92 Å². The van der Waals surface area contributed by atoms with E-state index in [0.29, 0.717) is 40.0 Å². The minimum atomic E-state index is -3.55. The van der Waals surface area contributed by atoms with Crippen molar-refractivity contribution >= 4 is 33.0 Å². The summed E-state index contributed by atoms with van der Waals surface area (Å²) >= 11 is 1.28. The Labute approximate surface area is 192 Å². The highest BCUT2D eigenvalue weighted by Crippen LogP contribution is 2.27. The highest BCUT2D eigenvalue weighted by atomic mass is 32.2. The van der Waals surface area contributed by atoms with Crippen LogP contribution in [0.3, 0.4) is 0 Å². The molecule has 32 heavy (non-hydrogen) atoms. The monoisotopic (exact) mass is 471 g/mol. The number of piperazine rings is 1. The third-order valence-corrected chi connectivity index (χ3v) is 8.51. The van der Waals surface area contributed by atoms with E-state index in [1.165, 1.54) is 27.8 Å². The lowest BCUT2D eigenvalue weighted by Gasteiger charge is -2.33. The summed E-state index contributed by atoms with van der Waals surface area (Å²) in [5.74, 6) is -0.284. The molecular formula is C22H25N5O3S2. The number of aryl methyl sites for hydroxylation is 1. The first kappa shape index (κ1) is 22.5. The zero-order valence-electron chi connectivity index (χ0n) is 18.0. The van der Waals surface area contributed by atoms with Gasteiger partial charge in [-0.2, -0.15) is 4.31 Å². The normalized spacial score (nSPS) is 15.6. The van der Waals surface area contributed by atoms with Crippen molar-refractivity contribution < 1.29 is 13.2 Å². The van der Waals surface area contributed by atoms with Gasteiger partial charge in [-0.1, -0.05) is 13.0 Å². The van der Waals surface area contributed by atoms with Crippen LogP contribution in [-0.4, -0.2) is 66.2 Å². The molecule has 1 aromatic carbocycles. The molecular weight excluding hydrogens is 446 g/mol. The van der Waals surface area contributed by atoms with E-state index >= 15 is 0 Å². The third kappa shape index (κ3) is 4.73. The van der Waals surface area contributed by atoms with Crippen LogP contribution in [0.5, 0.6) is 0 Å². The number of nitrogens with zero attached hydrogens (tertiary/aromatic N) is 4. The first-order valence-electron chi connectivity index (χ1n) is 10.4. The molecule has 168 valence electrons. The van der Waals surface area contributed by atoms with Crippen molar-refractivity contribution in [1.29, 1.82) is 0 Å². The maximum atomic E-state index is 12.9. The molecule has 1 fully saturated rings. The second kappa shape index (κ2) is 9.45. The van der Waals surface area contributed by atoms with E-state index in [-0.39, 0.29) is 10.8 Å². The van der Waals surface area contributed by atoms with E-state index in [2.05, 4.69) is 27.1 Å². The smallest absolute Gasteiger partial charge is 0.267 e. The molecule has 0 aliphatic carbocycles. The summed E-state index contributed by atoms with van der Waals surface area (Å²) in [6, 6.07) is 11.9. The topological polar surface area (TPSA) is 95.5 Å². The standard InChI is InChI=1S/C22H25N5O3S2/c1-3-26-12-14-27(15-13-26)32(29,30)18-9-7-17(8-10-18)25-21(28)20-16(2)24-22(31-20)19-6-4-5-11-23-19/h4-11H,3,12-15H2,1-2H3,(H,25,28). The number of aromatic nitrogens is 2. The van der Waals surface area contributed by atoms with Crippen LogP contribution < -0.4 is 5.32 Å². The average molecular weight is 472 g/mol. The number of carbonyl (C=O) groups is 1. The van der Waals surface area contributed by atoms with Gasteiger partial charge in [0.15, 0.2) is 0 Å². The second-order valence-electron chi connectivity index (χ2n) is 7.47. The molecule has 3 aromatic rings. The number of hydrogen-bond acceptors (Lipinski definition) is 7. The van der Waals surface area contributed by atoms with Gasteiger partial charge in [0.2, 0.25) is 10.0 Å². The molecule has 0 spiro atoms. The Kier molecular flexibility index (Phi) is 6.66. The van der Waals surface area contributed by atoms with Crippen molar-refractivity contribution in [1.82, 2.24) is 19.2 Å². The van der Waals surface area contributed by atoms with Gasteiger partial charge in [-0.3, -0.25) is 9.78 Å². The summed E-state index contributed by atoms with van der Waals surface area (Å²) in [6.07, 6.45) is 1.69. The number of sulfonamides is 1. The molecule has 0 saturated carbocycles. The first-order chi connectivity index (χ1) is 15.4. The SMILES string of the molecule is CCN1CCN(S(=O)(=O)c2ccc(NC(=O)c3sc(-c4ccccn4)nc3C)cc2)CC1. The fraction of sp³-hybridized carbons (Fsp3) is 0.318. The van der Waals surface area contributed by atoms with Gasteiger partial charge in [0.05, 0.1) is 16.3 Å². The van der Waals surface area contributed by atoms with Crippen LogP contribution in [-0.2, 0) is 10.0 Å². The molecule has 10 heteroatoms. The minimum absolute atomic E-state index is 0.229. The van der Waals surface area contributed by atoms with E-state index in [4.69, 9.17) is 0 Å². The van der Waals surface area contributed by atoms with Crippen LogP contribution in [0.2, 0.25) is 0 Å². The molecule has 0 bridgehead atoms. The predicted octanol–water partition coefficient (Wildman–Crippen LogP) is 3.09. The zero-order valence-corrected chi connectivity index (χ0v) is 19.6. The van der Waals surface area contributed by atoms with Crippen molar-refractivity contribution in [3.63, 3.8) is 0 Å². The van der Waals surface area contributed by atoms with Crippen molar-refractivity contribution in [2.24, 2.45) is 0 Å². The lowest BCUT2D eigenvalue weighted by atomic mass is 10.3. The number of hydrogen-bond donors (Lipinski definition) is 1. The number of amides is 1. The van der Waals surface area contributed by atoms with Gasteiger partial charge in [0.25, 0.3) is 5.91 Å². The number of anilines is 1. The summed E-state index contributed by atoms with van der Waals surface area (Å²) in [7, 11) is -3.55. The summed E-state index contributed by atoms with van der Waals surface area (Å²) < 4.78 is 27.4. The number of nitrogens with one attached hydrogen (secondary N) is 1. The highest BCUT2D eigenvalue weighted by molar-refractivity contribution is 7.89. The van der Waals surface area contributed by atoms with Gasteiger partial charge in [-0.25, -0.2) is 13.4 Å². The van der Waals surface area contributed by atoms with Crippen LogP contribution in [0.1, 0.15) is 22.3 Å². The Morgan fingerprint density at radius 1 is 1.09 bits per heavy atom. The minimum Gasteiger partial charge on any atom is -0.321 e. The Hall–Kier alpha value is -2.66. The maximum Gasteiger partial charge on any atom is 0.267 e. The molecule has 0 unspecified atom stereocenters. The molecule has 8 nitrogen and oxygen atoms in total. The lowest BCUT2D eigenvalue weighted by molar-refractivity contribution is 0.103. The molecule has 1 amide bonds. The van der Waals surface area contributed by atoms with Crippen molar-refractivity contribution in [2.75, 3.05) is 38.0 Å². The first-order valence-corrected chi connectivity index (χ1v) is 12.7. The van der Waals surface area contributed by atoms with Crippen molar-refractivity contribution in [3.05, 3.63) is 59.2 Å². The molecule has 1 N–H and O–H groups in total. The number of likely N-dealkylation sites (N-methyl/N-ethyl adjacent to an activating group) is 1. The van der Waals surface area contributed by atoms with Crippen LogP contribution in [0.15, 0.2) is 53.6 Å². The third-order valence-electron chi connectivity index (χ3n) is 5.42. The molecule has 4 rings (SSSR count).